The number of fused-ring (bicyclic) bond motifs is 1. The molecule has 2 aromatic rings. The minimum absolute atomic E-state index is 0.152. The van der Waals surface area contributed by atoms with Crippen molar-refractivity contribution in [2.24, 2.45) is 0 Å². The highest BCUT2D eigenvalue weighted by molar-refractivity contribution is 5.78. The Hall–Kier alpha value is -1.45. The summed E-state index contributed by atoms with van der Waals surface area (Å²) in [6.07, 6.45) is 4.59. The highest BCUT2D eigenvalue weighted by Crippen LogP contribution is 2.16. The lowest BCUT2D eigenvalue weighted by molar-refractivity contribution is 0.0387. The second kappa shape index (κ2) is 7.22. The molecule has 0 aliphatic heterocycles. The molecule has 1 atom stereocenters. The van der Waals surface area contributed by atoms with Gasteiger partial charge in [0.25, 0.3) is 0 Å². The van der Waals surface area contributed by atoms with E-state index in [0.717, 1.165) is 18.4 Å². The third-order valence-electron chi connectivity index (χ3n) is 3.28. The average Bonchev–Trinajstić information content (AvgIpc) is 2.45. The smallest absolute Gasteiger partial charge is 0.0702 e. The van der Waals surface area contributed by atoms with Crippen LogP contribution < -0.4 is 0 Å². The van der Waals surface area contributed by atoms with E-state index in [9.17, 15) is 0 Å². The first kappa shape index (κ1) is 14.0. The number of aliphatic hydroxyl groups excluding tert-OH is 1. The van der Waals surface area contributed by atoms with Gasteiger partial charge in [0.15, 0.2) is 0 Å². The van der Waals surface area contributed by atoms with Gasteiger partial charge in [0.1, 0.15) is 0 Å². The van der Waals surface area contributed by atoms with E-state index in [1.165, 1.54) is 10.9 Å². The molecule has 0 saturated heterocycles. The number of nitrogens with zero attached hydrogens (tertiary/aromatic N) is 1. The predicted octanol–water partition coefficient (Wildman–Crippen LogP) is 2.95. The van der Waals surface area contributed by atoms with E-state index in [1.807, 2.05) is 19.2 Å². The zero-order valence-corrected chi connectivity index (χ0v) is 11.4. The van der Waals surface area contributed by atoms with Crippen molar-refractivity contribution in [1.82, 2.24) is 4.98 Å². The van der Waals surface area contributed by atoms with Crippen LogP contribution in [0.1, 0.15) is 25.3 Å². The van der Waals surface area contributed by atoms with Crippen molar-refractivity contribution in [3.8, 4) is 0 Å². The van der Waals surface area contributed by atoms with Crippen molar-refractivity contribution in [2.75, 3.05) is 13.2 Å². The van der Waals surface area contributed by atoms with Gasteiger partial charge in [-0.05, 0) is 49.9 Å². The average molecular weight is 259 g/mol. The van der Waals surface area contributed by atoms with E-state index >= 15 is 0 Å². The normalized spacial score (nSPS) is 12.7. The Bertz CT molecular complexity index is 507. The maximum atomic E-state index is 9.01. The molecule has 0 spiro atoms. The molecular formula is C16H21NO2. The van der Waals surface area contributed by atoms with Crippen molar-refractivity contribution in [1.29, 1.82) is 0 Å². The third kappa shape index (κ3) is 4.01. The Morgan fingerprint density at radius 1 is 1.26 bits per heavy atom. The molecule has 1 aromatic carbocycles. The minimum atomic E-state index is 0.152. The van der Waals surface area contributed by atoms with E-state index in [1.54, 1.807) is 0 Å². The lowest BCUT2D eigenvalue weighted by atomic mass is 10.0. The van der Waals surface area contributed by atoms with Crippen LogP contribution in [0.15, 0.2) is 36.5 Å². The molecule has 0 aliphatic rings. The van der Waals surface area contributed by atoms with Gasteiger partial charge in [-0.1, -0.05) is 12.1 Å². The summed E-state index contributed by atoms with van der Waals surface area (Å²) in [4.78, 5) is 4.32. The summed E-state index contributed by atoms with van der Waals surface area (Å²) in [6.45, 7) is 2.88. The Morgan fingerprint density at radius 2 is 2.16 bits per heavy atom. The van der Waals surface area contributed by atoms with E-state index in [-0.39, 0.29) is 12.7 Å². The van der Waals surface area contributed by atoms with Crippen LogP contribution >= 0.6 is 0 Å². The maximum absolute atomic E-state index is 9.01. The molecule has 3 nitrogen and oxygen atoms in total. The standard InChI is InChI=1S/C16H21NO2/c1-2-19-15(9-11-18)7-5-13-6-8-16-14(12-13)4-3-10-17-16/h3-4,6,8,10,12,15,18H,2,5,7,9,11H2,1H3. The van der Waals surface area contributed by atoms with Gasteiger partial charge >= 0.3 is 0 Å². The Morgan fingerprint density at radius 3 is 2.95 bits per heavy atom. The molecule has 0 aliphatic carbocycles. The SMILES string of the molecule is CCOC(CCO)CCc1ccc2ncccc2c1. The maximum Gasteiger partial charge on any atom is 0.0702 e. The molecular weight excluding hydrogens is 238 g/mol. The van der Waals surface area contributed by atoms with Crippen molar-refractivity contribution >= 4 is 10.9 Å². The van der Waals surface area contributed by atoms with E-state index in [0.29, 0.717) is 13.0 Å². The van der Waals surface area contributed by atoms with Gasteiger partial charge in [-0.15, -0.1) is 0 Å². The van der Waals surface area contributed by atoms with E-state index in [4.69, 9.17) is 9.84 Å². The Labute approximate surface area is 114 Å². The van der Waals surface area contributed by atoms with Crippen molar-refractivity contribution < 1.29 is 9.84 Å². The molecule has 102 valence electrons. The van der Waals surface area contributed by atoms with Gasteiger partial charge in [0.2, 0.25) is 0 Å². The second-order valence-corrected chi connectivity index (χ2v) is 4.66. The molecule has 1 N–H and O–H groups in total. The van der Waals surface area contributed by atoms with E-state index < -0.39 is 0 Å². The van der Waals surface area contributed by atoms with Crippen LogP contribution in [0.25, 0.3) is 10.9 Å². The summed E-state index contributed by atoms with van der Waals surface area (Å²) in [6, 6.07) is 10.4. The first-order valence-corrected chi connectivity index (χ1v) is 6.89. The Balaban J connectivity index is 2.00. The molecule has 3 heteroatoms. The van der Waals surface area contributed by atoms with Crippen LogP contribution in [-0.4, -0.2) is 29.4 Å². The molecule has 19 heavy (non-hydrogen) atoms. The number of pyridine rings is 1. The molecule has 1 heterocycles. The topological polar surface area (TPSA) is 42.4 Å². The van der Waals surface area contributed by atoms with Gasteiger partial charge in [-0.25, -0.2) is 0 Å². The molecule has 2 rings (SSSR count). The van der Waals surface area contributed by atoms with Gasteiger partial charge in [0, 0.05) is 24.8 Å². The second-order valence-electron chi connectivity index (χ2n) is 4.66. The number of aromatic nitrogens is 1. The number of aryl methyl sites for hydroxylation is 1. The van der Waals surface area contributed by atoms with Gasteiger partial charge < -0.3 is 9.84 Å². The molecule has 1 aromatic heterocycles. The summed E-state index contributed by atoms with van der Waals surface area (Å²) in [5, 5.41) is 10.2. The number of aliphatic hydroxyl groups is 1. The number of ether oxygens (including phenoxy) is 1. The summed E-state index contributed by atoms with van der Waals surface area (Å²) in [5.74, 6) is 0. The molecule has 1 unspecified atom stereocenters. The minimum Gasteiger partial charge on any atom is -0.396 e. The summed E-state index contributed by atoms with van der Waals surface area (Å²) < 4.78 is 5.62. The van der Waals surface area contributed by atoms with Gasteiger partial charge in [-0.3, -0.25) is 4.98 Å². The number of rotatable bonds is 7. The fraction of sp³-hybridized carbons (Fsp3) is 0.438. The first-order chi connectivity index (χ1) is 9.33. The van der Waals surface area contributed by atoms with Crippen molar-refractivity contribution in [2.45, 2.75) is 32.3 Å². The van der Waals surface area contributed by atoms with Crippen molar-refractivity contribution in [3.63, 3.8) is 0 Å². The lowest BCUT2D eigenvalue weighted by Gasteiger charge is -2.15. The molecule has 0 fully saturated rings. The zero-order valence-electron chi connectivity index (χ0n) is 11.4. The van der Waals surface area contributed by atoms with Crippen LogP contribution in [0.3, 0.4) is 0 Å². The fourth-order valence-electron chi connectivity index (χ4n) is 2.30. The molecule has 0 radical (unpaired) electrons. The fourth-order valence-corrected chi connectivity index (χ4v) is 2.30. The van der Waals surface area contributed by atoms with Crippen LogP contribution in [0.2, 0.25) is 0 Å². The van der Waals surface area contributed by atoms with E-state index in [2.05, 4.69) is 29.2 Å². The van der Waals surface area contributed by atoms with Crippen LogP contribution in [0.5, 0.6) is 0 Å². The molecule has 0 bridgehead atoms. The quantitative estimate of drug-likeness (QED) is 0.831. The summed E-state index contributed by atoms with van der Waals surface area (Å²) in [5.41, 5.74) is 2.33. The Kier molecular flexibility index (Phi) is 5.31. The highest BCUT2D eigenvalue weighted by Gasteiger charge is 2.08. The van der Waals surface area contributed by atoms with Crippen molar-refractivity contribution in [3.05, 3.63) is 42.1 Å². The first-order valence-electron chi connectivity index (χ1n) is 6.89. The van der Waals surface area contributed by atoms with Gasteiger partial charge in [-0.2, -0.15) is 0 Å². The van der Waals surface area contributed by atoms with Crippen LogP contribution in [0, 0.1) is 0 Å². The van der Waals surface area contributed by atoms with Crippen LogP contribution in [-0.2, 0) is 11.2 Å². The summed E-state index contributed by atoms with van der Waals surface area (Å²) >= 11 is 0. The largest absolute Gasteiger partial charge is 0.396 e. The number of benzene rings is 1. The molecule has 0 amide bonds. The van der Waals surface area contributed by atoms with Crippen LogP contribution in [0.4, 0.5) is 0 Å². The monoisotopic (exact) mass is 259 g/mol. The molecule has 0 saturated carbocycles. The summed E-state index contributed by atoms with van der Waals surface area (Å²) in [7, 11) is 0. The highest BCUT2D eigenvalue weighted by atomic mass is 16.5. The van der Waals surface area contributed by atoms with Gasteiger partial charge in [0.05, 0.1) is 11.6 Å². The predicted molar refractivity (Wildman–Crippen MR) is 77.2 cm³/mol. The number of hydrogen-bond donors (Lipinski definition) is 1. The number of hydrogen-bond acceptors (Lipinski definition) is 3. The third-order valence-corrected chi connectivity index (χ3v) is 3.28. The zero-order chi connectivity index (χ0) is 13.5. The lowest BCUT2D eigenvalue weighted by Crippen LogP contribution is -2.15.